The molecular formula is C19H24N4O2. The van der Waals surface area contributed by atoms with E-state index in [1.54, 1.807) is 26.4 Å². The van der Waals surface area contributed by atoms with Crippen molar-refractivity contribution in [2.45, 2.75) is 13.2 Å². The molecule has 132 valence electrons. The van der Waals surface area contributed by atoms with E-state index in [1.165, 1.54) is 0 Å². The van der Waals surface area contributed by atoms with Gasteiger partial charge in [0.05, 0.1) is 11.3 Å². The van der Waals surface area contributed by atoms with Gasteiger partial charge in [-0.05, 0) is 42.3 Å². The summed E-state index contributed by atoms with van der Waals surface area (Å²) in [7, 11) is 3.37. The maximum Gasteiger partial charge on any atom is 0.250 e. The second-order valence-corrected chi connectivity index (χ2v) is 5.55. The zero-order chi connectivity index (χ0) is 18.2. The number of aromatic amines is 1. The maximum atomic E-state index is 11.4. The molecule has 0 fully saturated rings. The number of ether oxygens (including phenoxy) is 1. The minimum Gasteiger partial charge on any atom is -0.393 e. The van der Waals surface area contributed by atoms with Crippen LogP contribution in [0, 0.1) is 6.92 Å². The third kappa shape index (κ3) is 4.99. The first-order chi connectivity index (χ1) is 12.0. The van der Waals surface area contributed by atoms with Crippen molar-refractivity contribution in [3.05, 3.63) is 71.2 Å². The lowest BCUT2D eigenvalue weighted by molar-refractivity contribution is -0.114. The number of aromatic nitrogens is 1. The molecule has 2 aromatic rings. The quantitative estimate of drug-likeness (QED) is 0.338. The van der Waals surface area contributed by atoms with Crippen molar-refractivity contribution in [1.29, 1.82) is 0 Å². The molecule has 1 heterocycles. The lowest BCUT2D eigenvalue weighted by Gasteiger charge is -2.18. The molecule has 0 saturated heterocycles. The summed E-state index contributed by atoms with van der Waals surface area (Å²) in [4.78, 5) is 14.5. The van der Waals surface area contributed by atoms with Gasteiger partial charge in [0.1, 0.15) is 0 Å². The van der Waals surface area contributed by atoms with E-state index in [1.807, 2.05) is 49.5 Å². The van der Waals surface area contributed by atoms with Crippen LogP contribution in [0.15, 0.2) is 54.4 Å². The summed E-state index contributed by atoms with van der Waals surface area (Å²) in [6.07, 6.45) is 6.69. The number of H-pyrrole nitrogens is 1. The molecule has 0 aliphatic heterocycles. The summed E-state index contributed by atoms with van der Waals surface area (Å²) in [5.74, 6) is -0.485. The Morgan fingerprint density at radius 3 is 2.76 bits per heavy atom. The highest BCUT2D eigenvalue weighted by atomic mass is 16.5. The van der Waals surface area contributed by atoms with Gasteiger partial charge in [-0.15, -0.1) is 0 Å². The smallest absolute Gasteiger partial charge is 0.250 e. The van der Waals surface area contributed by atoms with Crippen LogP contribution in [0.5, 0.6) is 0 Å². The Kier molecular flexibility index (Phi) is 6.42. The van der Waals surface area contributed by atoms with Crippen molar-refractivity contribution in [3.8, 4) is 0 Å². The molecular weight excluding hydrogens is 316 g/mol. The van der Waals surface area contributed by atoms with Crippen LogP contribution >= 0.6 is 0 Å². The minimum absolute atomic E-state index is 0.278. The number of aryl methyl sites for hydroxylation is 1. The number of anilines is 1. The molecule has 1 unspecified atom stereocenters. The van der Waals surface area contributed by atoms with E-state index in [9.17, 15) is 4.79 Å². The Balaban J connectivity index is 2.17. The lowest BCUT2D eigenvalue weighted by atomic mass is 10.1. The average Bonchev–Trinajstić information content (AvgIpc) is 3.02. The topological polar surface area (TPSA) is 92.2 Å². The van der Waals surface area contributed by atoms with E-state index >= 15 is 0 Å². The van der Waals surface area contributed by atoms with E-state index < -0.39 is 5.91 Å². The SMILES string of the molecule is CN/C=C(\C=C\c1cccc(NC(OC)c2[nH]ccc2C)c1)C(N)=O. The van der Waals surface area contributed by atoms with Crippen molar-refractivity contribution in [2.75, 3.05) is 19.5 Å². The minimum atomic E-state index is -0.485. The highest BCUT2D eigenvalue weighted by molar-refractivity contribution is 5.95. The monoisotopic (exact) mass is 340 g/mol. The molecule has 0 aliphatic carbocycles. The summed E-state index contributed by atoms with van der Waals surface area (Å²) in [6.45, 7) is 2.03. The van der Waals surface area contributed by atoms with Gasteiger partial charge in [-0.2, -0.15) is 0 Å². The summed E-state index contributed by atoms with van der Waals surface area (Å²) in [6, 6.07) is 9.81. The van der Waals surface area contributed by atoms with Gasteiger partial charge < -0.3 is 26.1 Å². The number of nitrogens with two attached hydrogens (primary N) is 1. The molecule has 0 spiro atoms. The Morgan fingerprint density at radius 2 is 2.16 bits per heavy atom. The molecule has 2 rings (SSSR count). The number of amides is 1. The summed E-state index contributed by atoms with van der Waals surface area (Å²) >= 11 is 0. The normalized spacial score (nSPS) is 13.0. The highest BCUT2D eigenvalue weighted by Crippen LogP contribution is 2.22. The van der Waals surface area contributed by atoms with Gasteiger partial charge >= 0.3 is 0 Å². The van der Waals surface area contributed by atoms with Crippen LogP contribution in [0.1, 0.15) is 23.0 Å². The van der Waals surface area contributed by atoms with E-state index in [4.69, 9.17) is 10.5 Å². The van der Waals surface area contributed by atoms with Gasteiger partial charge in [0.15, 0.2) is 6.23 Å². The molecule has 6 nitrogen and oxygen atoms in total. The molecule has 0 bridgehead atoms. The second kappa shape index (κ2) is 8.75. The van der Waals surface area contributed by atoms with Crippen LogP contribution < -0.4 is 16.4 Å². The zero-order valence-corrected chi connectivity index (χ0v) is 14.7. The second-order valence-electron chi connectivity index (χ2n) is 5.55. The molecule has 6 heteroatoms. The molecule has 1 aromatic heterocycles. The van der Waals surface area contributed by atoms with Gasteiger partial charge in [-0.3, -0.25) is 4.79 Å². The van der Waals surface area contributed by atoms with E-state index in [2.05, 4.69) is 15.6 Å². The number of rotatable bonds is 8. The van der Waals surface area contributed by atoms with Crippen LogP contribution in [-0.4, -0.2) is 25.0 Å². The lowest BCUT2D eigenvalue weighted by Crippen LogP contribution is -2.14. The molecule has 1 aromatic carbocycles. The van der Waals surface area contributed by atoms with Crippen molar-refractivity contribution >= 4 is 17.7 Å². The fourth-order valence-corrected chi connectivity index (χ4v) is 2.42. The fraction of sp³-hybridized carbons (Fsp3) is 0.211. The number of carbonyl (C=O) groups is 1. The standard InChI is InChI=1S/C19H24N4O2/c1-13-9-10-22-17(13)19(25-3)23-16-6-4-5-14(11-16)7-8-15(12-21-2)18(20)24/h4-12,19,21-23H,1-3H3,(H2,20,24)/b8-7+,15-12+. The van der Waals surface area contributed by atoms with Crippen LogP contribution in [0.4, 0.5) is 5.69 Å². The number of nitrogens with one attached hydrogen (secondary N) is 3. The first-order valence-corrected chi connectivity index (χ1v) is 7.93. The van der Waals surface area contributed by atoms with Crippen molar-refractivity contribution in [2.24, 2.45) is 5.73 Å². The van der Waals surface area contributed by atoms with Crippen LogP contribution in [-0.2, 0) is 9.53 Å². The molecule has 5 N–H and O–H groups in total. The Bertz CT molecular complexity index is 777. The summed E-state index contributed by atoms with van der Waals surface area (Å²) in [5.41, 5.74) is 9.69. The first kappa shape index (κ1) is 18.4. The molecule has 1 atom stereocenters. The zero-order valence-electron chi connectivity index (χ0n) is 14.7. The Morgan fingerprint density at radius 1 is 1.36 bits per heavy atom. The first-order valence-electron chi connectivity index (χ1n) is 7.93. The average molecular weight is 340 g/mol. The van der Waals surface area contributed by atoms with Gasteiger partial charge in [-0.25, -0.2) is 0 Å². The van der Waals surface area contributed by atoms with Crippen LogP contribution in [0.3, 0.4) is 0 Å². The fourth-order valence-electron chi connectivity index (χ4n) is 2.42. The highest BCUT2D eigenvalue weighted by Gasteiger charge is 2.13. The third-order valence-electron chi connectivity index (χ3n) is 3.72. The number of benzene rings is 1. The Hall–Kier alpha value is -2.99. The molecule has 0 saturated carbocycles. The van der Waals surface area contributed by atoms with E-state index in [0.717, 1.165) is 22.5 Å². The predicted octanol–water partition coefficient (Wildman–Crippen LogP) is 2.68. The number of carbonyl (C=O) groups excluding carboxylic acids is 1. The third-order valence-corrected chi connectivity index (χ3v) is 3.72. The van der Waals surface area contributed by atoms with Crippen LogP contribution in [0.2, 0.25) is 0 Å². The maximum absolute atomic E-state index is 11.4. The summed E-state index contributed by atoms with van der Waals surface area (Å²) < 4.78 is 5.54. The van der Waals surface area contributed by atoms with Gasteiger partial charge in [0.25, 0.3) is 0 Å². The number of methoxy groups -OCH3 is 1. The summed E-state index contributed by atoms with van der Waals surface area (Å²) in [5, 5.41) is 6.15. The van der Waals surface area contributed by atoms with Crippen molar-refractivity contribution < 1.29 is 9.53 Å². The number of hydrogen-bond acceptors (Lipinski definition) is 4. The Labute approximate surface area is 147 Å². The van der Waals surface area contributed by atoms with E-state index in [0.29, 0.717) is 5.57 Å². The van der Waals surface area contributed by atoms with E-state index in [-0.39, 0.29) is 6.23 Å². The molecule has 25 heavy (non-hydrogen) atoms. The predicted molar refractivity (Wildman–Crippen MR) is 101 cm³/mol. The van der Waals surface area contributed by atoms with Gasteiger partial charge in [0, 0.05) is 32.2 Å². The van der Waals surface area contributed by atoms with Crippen molar-refractivity contribution in [3.63, 3.8) is 0 Å². The van der Waals surface area contributed by atoms with Gasteiger partial charge in [0.2, 0.25) is 5.91 Å². The number of hydrogen-bond donors (Lipinski definition) is 4. The largest absolute Gasteiger partial charge is 0.393 e. The van der Waals surface area contributed by atoms with Crippen LogP contribution in [0.25, 0.3) is 6.08 Å². The number of primary amides is 1. The molecule has 0 radical (unpaired) electrons. The molecule has 0 aliphatic rings. The molecule has 1 amide bonds. The van der Waals surface area contributed by atoms with Gasteiger partial charge in [-0.1, -0.05) is 18.2 Å². The van der Waals surface area contributed by atoms with Crippen molar-refractivity contribution in [1.82, 2.24) is 10.3 Å².